The third-order valence-electron chi connectivity index (χ3n) is 3.66. The van der Waals surface area contributed by atoms with E-state index >= 15 is 0 Å². The van der Waals surface area contributed by atoms with E-state index in [0.29, 0.717) is 13.0 Å². The fourth-order valence-corrected chi connectivity index (χ4v) is 1.96. The van der Waals surface area contributed by atoms with Crippen LogP contribution in [0, 0.1) is 12.3 Å². The van der Waals surface area contributed by atoms with Crippen molar-refractivity contribution in [3.8, 4) is 0 Å². The molecule has 0 saturated heterocycles. The highest BCUT2D eigenvalue weighted by molar-refractivity contribution is 5.79. The van der Waals surface area contributed by atoms with E-state index < -0.39 is 0 Å². The molecule has 3 N–H and O–H groups in total. The summed E-state index contributed by atoms with van der Waals surface area (Å²) in [5.74, 6) is 0.0963. The Kier molecular flexibility index (Phi) is 3.48. The van der Waals surface area contributed by atoms with Gasteiger partial charge in [-0.05, 0) is 42.9 Å². The second kappa shape index (κ2) is 4.88. The summed E-state index contributed by atoms with van der Waals surface area (Å²) in [5, 5.41) is 2.99. The molecule has 0 bridgehead atoms. The number of amides is 1. The van der Waals surface area contributed by atoms with Crippen LogP contribution in [0.15, 0.2) is 24.3 Å². The minimum Gasteiger partial charge on any atom is -0.355 e. The maximum atomic E-state index is 11.8. The summed E-state index contributed by atoms with van der Waals surface area (Å²) in [6.45, 7) is 3.44. The molecule has 1 fully saturated rings. The zero-order chi connectivity index (χ0) is 12.3. The first-order valence-corrected chi connectivity index (χ1v) is 6.16. The number of rotatable bonds is 5. The lowest BCUT2D eigenvalue weighted by Crippen LogP contribution is -2.34. The first-order chi connectivity index (χ1) is 8.15. The fraction of sp³-hybridized carbons (Fsp3) is 0.500. The van der Waals surface area contributed by atoms with Crippen molar-refractivity contribution in [1.82, 2.24) is 5.32 Å². The Bertz CT molecular complexity index is 410. The SMILES string of the molecule is Cc1ccccc1CC(=O)NCC1(CN)CC1. The van der Waals surface area contributed by atoms with E-state index in [1.165, 1.54) is 5.56 Å². The van der Waals surface area contributed by atoms with E-state index in [9.17, 15) is 4.79 Å². The van der Waals surface area contributed by atoms with Gasteiger partial charge in [0, 0.05) is 6.54 Å². The number of aryl methyl sites for hydroxylation is 1. The molecule has 0 aromatic heterocycles. The average Bonchev–Trinajstić information content (AvgIpc) is 3.10. The lowest BCUT2D eigenvalue weighted by atomic mass is 10.0. The van der Waals surface area contributed by atoms with Crippen molar-refractivity contribution in [2.24, 2.45) is 11.1 Å². The molecule has 1 aromatic rings. The zero-order valence-electron chi connectivity index (χ0n) is 10.3. The molecule has 1 aliphatic rings. The topological polar surface area (TPSA) is 55.1 Å². The van der Waals surface area contributed by atoms with E-state index in [0.717, 1.165) is 24.9 Å². The summed E-state index contributed by atoms with van der Waals surface area (Å²) < 4.78 is 0. The van der Waals surface area contributed by atoms with Gasteiger partial charge in [0.2, 0.25) is 5.91 Å². The molecule has 1 aliphatic carbocycles. The summed E-state index contributed by atoms with van der Waals surface area (Å²) in [4.78, 5) is 11.8. The van der Waals surface area contributed by atoms with Gasteiger partial charge in [-0.1, -0.05) is 24.3 Å². The highest BCUT2D eigenvalue weighted by Gasteiger charge is 2.41. The molecule has 0 radical (unpaired) electrons. The van der Waals surface area contributed by atoms with Crippen molar-refractivity contribution in [2.75, 3.05) is 13.1 Å². The van der Waals surface area contributed by atoms with Crippen molar-refractivity contribution >= 4 is 5.91 Å². The number of carbonyl (C=O) groups excluding carboxylic acids is 1. The van der Waals surface area contributed by atoms with Gasteiger partial charge in [0.05, 0.1) is 6.42 Å². The Labute approximate surface area is 102 Å². The highest BCUT2D eigenvalue weighted by atomic mass is 16.1. The molecule has 2 rings (SSSR count). The Hall–Kier alpha value is -1.35. The maximum absolute atomic E-state index is 11.8. The summed E-state index contributed by atoms with van der Waals surface area (Å²) >= 11 is 0. The van der Waals surface area contributed by atoms with E-state index in [1.807, 2.05) is 31.2 Å². The molecule has 0 aliphatic heterocycles. The lowest BCUT2D eigenvalue weighted by molar-refractivity contribution is -0.120. The predicted octanol–water partition coefficient (Wildman–Crippen LogP) is 1.39. The van der Waals surface area contributed by atoms with E-state index in [1.54, 1.807) is 0 Å². The van der Waals surface area contributed by atoms with Crippen LogP contribution in [-0.4, -0.2) is 19.0 Å². The van der Waals surface area contributed by atoms with Gasteiger partial charge in [-0.2, -0.15) is 0 Å². The predicted molar refractivity (Wildman–Crippen MR) is 68.6 cm³/mol. The lowest BCUT2D eigenvalue weighted by Gasteiger charge is -2.13. The van der Waals surface area contributed by atoms with Crippen molar-refractivity contribution in [3.05, 3.63) is 35.4 Å². The second-order valence-electron chi connectivity index (χ2n) is 5.08. The number of benzene rings is 1. The van der Waals surface area contributed by atoms with Crippen molar-refractivity contribution < 1.29 is 4.79 Å². The quantitative estimate of drug-likeness (QED) is 0.806. The first kappa shape index (κ1) is 12.1. The minimum atomic E-state index is 0.0963. The molecule has 0 spiro atoms. The number of nitrogens with two attached hydrogens (primary N) is 1. The van der Waals surface area contributed by atoms with Crippen molar-refractivity contribution in [1.29, 1.82) is 0 Å². The minimum absolute atomic E-state index is 0.0963. The molecule has 1 amide bonds. The zero-order valence-corrected chi connectivity index (χ0v) is 10.3. The molecule has 3 nitrogen and oxygen atoms in total. The third kappa shape index (κ3) is 3.07. The van der Waals surface area contributed by atoms with Gasteiger partial charge in [0.1, 0.15) is 0 Å². The number of hydrogen-bond acceptors (Lipinski definition) is 2. The average molecular weight is 232 g/mol. The summed E-state index contributed by atoms with van der Waals surface area (Å²) in [6.07, 6.45) is 2.76. The molecule has 17 heavy (non-hydrogen) atoms. The summed E-state index contributed by atoms with van der Waals surface area (Å²) in [6, 6.07) is 8.00. The van der Waals surface area contributed by atoms with E-state index in [4.69, 9.17) is 5.73 Å². The molecule has 1 aromatic carbocycles. The van der Waals surface area contributed by atoms with Gasteiger partial charge in [-0.15, -0.1) is 0 Å². The van der Waals surface area contributed by atoms with Gasteiger partial charge in [0.15, 0.2) is 0 Å². The Morgan fingerprint density at radius 1 is 1.41 bits per heavy atom. The normalized spacial score (nSPS) is 16.6. The van der Waals surface area contributed by atoms with Crippen molar-refractivity contribution in [2.45, 2.75) is 26.2 Å². The molecule has 0 unspecified atom stereocenters. The van der Waals surface area contributed by atoms with Crippen LogP contribution in [0.4, 0.5) is 0 Å². The Balaban J connectivity index is 1.83. The summed E-state index contributed by atoms with van der Waals surface area (Å²) in [7, 11) is 0. The molecular weight excluding hydrogens is 212 g/mol. The van der Waals surface area contributed by atoms with Crippen LogP contribution in [0.2, 0.25) is 0 Å². The van der Waals surface area contributed by atoms with Crippen LogP contribution in [0.25, 0.3) is 0 Å². The monoisotopic (exact) mass is 232 g/mol. The molecular formula is C14H20N2O. The third-order valence-corrected chi connectivity index (χ3v) is 3.66. The number of nitrogens with one attached hydrogen (secondary N) is 1. The Morgan fingerprint density at radius 3 is 2.71 bits per heavy atom. The maximum Gasteiger partial charge on any atom is 0.224 e. The van der Waals surface area contributed by atoms with E-state index in [-0.39, 0.29) is 11.3 Å². The van der Waals surface area contributed by atoms with Crippen LogP contribution in [0.3, 0.4) is 0 Å². The van der Waals surface area contributed by atoms with Crippen LogP contribution in [0.5, 0.6) is 0 Å². The van der Waals surface area contributed by atoms with Gasteiger partial charge < -0.3 is 11.1 Å². The Morgan fingerprint density at radius 2 is 2.12 bits per heavy atom. The number of hydrogen-bond donors (Lipinski definition) is 2. The van der Waals surface area contributed by atoms with Crippen LogP contribution in [-0.2, 0) is 11.2 Å². The molecule has 1 saturated carbocycles. The standard InChI is InChI=1S/C14H20N2O/c1-11-4-2-3-5-12(11)8-13(17)16-10-14(9-15)6-7-14/h2-5H,6-10,15H2,1H3,(H,16,17). The van der Waals surface area contributed by atoms with Crippen molar-refractivity contribution in [3.63, 3.8) is 0 Å². The smallest absolute Gasteiger partial charge is 0.224 e. The van der Waals surface area contributed by atoms with E-state index in [2.05, 4.69) is 5.32 Å². The fourth-order valence-electron chi connectivity index (χ4n) is 1.96. The summed E-state index contributed by atoms with van der Waals surface area (Å²) in [5.41, 5.74) is 8.16. The molecule has 92 valence electrons. The van der Waals surface area contributed by atoms with Gasteiger partial charge in [0.25, 0.3) is 0 Å². The largest absolute Gasteiger partial charge is 0.355 e. The second-order valence-corrected chi connectivity index (χ2v) is 5.08. The molecule has 0 atom stereocenters. The van der Waals surface area contributed by atoms with Crippen LogP contribution in [0.1, 0.15) is 24.0 Å². The van der Waals surface area contributed by atoms with Crippen LogP contribution >= 0.6 is 0 Å². The first-order valence-electron chi connectivity index (χ1n) is 6.16. The van der Waals surface area contributed by atoms with Gasteiger partial charge in [-0.3, -0.25) is 4.79 Å². The van der Waals surface area contributed by atoms with Crippen LogP contribution < -0.4 is 11.1 Å². The molecule has 3 heteroatoms. The highest BCUT2D eigenvalue weighted by Crippen LogP contribution is 2.43. The number of carbonyl (C=O) groups is 1. The van der Waals surface area contributed by atoms with Gasteiger partial charge >= 0.3 is 0 Å². The molecule has 0 heterocycles. The van der Waals surface area contributed by atoms with Gasteiger partial charge in [-0.25, -0.2) is 0 Å².